The highest BCUT2D eigenvalue weighted by Crippen LogP contribution is 2.19. The standard InChI is InChI=1S/C11H11N/c1-9(8-12)10(2)11-6-4-3-5-7-11/h3-7,9H,2H2,1H3. The SMILES string of the molecule is C=C(c1ccccc1)C(C)C#N. The van der Waals surface area contributed by atoms with Gasteiger partial charge in [0.15, 0.2) is 0 Å². The first-order valence-electron chi connectivity index (χ1n) is 3.89. The molecule has 12 heavy (non-hydrogen) atoms. The molecule has 0 saturated carbocycles. The summed E-state index contributed by atoms with van der Waals surface area (Å²) in [5.74, 6) is -0.104. The van der Waals surface area contributed by atoms with Gasteiger partial charge in [0.25, 0.3) is 0 Å². The summed E-state index contributed by atoms with van der Waals surface area (Å²) in [6, 6.07) is 12.0. The number of benzene rings is 1. The minimum atomic E-state index is -0.104. The highest BCUT2D eigenvalue weighted by molar-refractivity contribution is 5.66. The summed E-state index contributed by atoms with van der Waals surface area (Å²) in [6.07, 6.45) is 0. The maximum Gasteiger partial charge on any atom is 0.0700 e. The predicted octanol–water partition coefficient (Wildman–Crippen LogP) is 2.86. The van der Waals surface area contributed by atoms with Gasteiger partial charge in [-0.3, -0.25) is 0 Å². The summed E-state index contributed by atoms with van der Waals surface area (Å²) in [4.78, 5) is 0. The van der Waals surface area contributed by atoms with E-state index < -0.39 is 0 Å². The van der Waals surface area contributed by atoms with Crippen molar-refractivity contribution in [3.05, 3.63) is 42.5 Å². The highest BCUT2D eigenvalue weighted by Gasteiger charge is 2.05. The average Bonchev–Trinajstić information content (AvgIpc) is 2.17. The number of nitrogens with zero attached hydrogens (tertiary/aromatic N) is 1. The molecule has 1 aromatic carbocycles. The van der Waals surface area contributed by atoms with Crippen molar-refractivity contribution in [1.29, 1.82) is 5.26 Å². The van der Waals surface area contributed by atoms with Gasteiger partial charge in [-0.1, -0.05) is 36.9 Å². The van der Waals surface area contributed by atoms with Gasteiger partial charge in [0.05, 0.1) is 12.0 Å². The first kappa shape index (κ1) is 8.55. The second-order valence-electron chi connectivity index (χ2n) is 2.74. The van der Waals surface area contributed by atoms with Gasteiger partial charge >= 0.3 is 0 Å². The maximum atomic E-state index is 8.66. The van der Waals surface area contributed by atoms with E-state index in [1.807, 2.05) is 37.3 Å². The Labute approximate surface area is 73.0 Å². The molecular weight excluding hydrogens is 146 g/mol. The van der Waals surface area contributed by atoms with Crippen LogP contribution in [0.3, 0.4) is 0 Å². The average molecular weight is 157 g/mol. The number of hydrogen-bond donors (Lipinski definition) is 0. The lowest BCUT2D eigenvalue weighted by Crippen LogP contribution is -1.93. The van der Waals surface area contributed by atoms with Crippen LogP contribution in [0.1, 0.15) is 12.5 Å². The van der Waals surface area contributed by atoms with Crippen molar-refractivity contribution in [1.82, 2.24) is 0 Å². The Morgan fingerprint density at radius 1 is 1.42 bits per heavy atom. The highest BCUT2D eigenvalue weighted by atomic mass is 14.3. The Kier molecular flexibility index (Phi) is 2.66. The van der Waals surface area contributed by atoms with E-state index in [-0.39, 0.29) is 5.92 Å². The van der Waals surface area contributed by atoms with Crippen LogP contribution >= 0.6 is 0 Å². The first-order chi connectivity index (χ1) is 5.75. The Bertz CT molecular complexity index is 306. The third kappa shape index (κ3) is 1.73. The minimum absolute atomic E-state index is 0.104. The largest absolute Gasteiger partial charge is 0.198 e. The molecule has 0 saturated heterocycles. The molecule has 0 aliphatic heterocycles. The minimum Gasteiger partial charge on any atom is -0.198 e. The van der Waals surface area contributed by atoms with Crippen molar-refractivity contribution >= 4 is 5.57 Å². The van der Waals surface area contributed by atoms with Gasteiger partial charge in [0, 0.05) is 0 Å². The smallest absolute Gasteiger partial charge is 0.0700 e. The summed E-state index contributed by atoms with van der Waals surface area (Å²) >= 11 is 0. The zero-order valence-corrected chi connectivity index (χ0v) is 7.12. The quantitative estimate of drug-likeness (QED) is 0.647. The first-order valence-corrected chi connectivity index (χ1v) is 3.89. The van der Waals surface area contributed by atoms with Gasteiger partial charge in [-0.25, -0.2) is 0 Å². The number of rotatable bonds is 2. The monoisotopic (exact) mass is 157 g/mol. The van der Waals surface area contributed by atoms with Gasteiger partial charge in [0.1, 0.15) is 0 Å². The second kappa shape index (κ2) is 3.73. The van der Waals surface area contributed by atoms with Gasteiger partial charge < -0.3 is 0 Å². The molecule has 0 fully saturated rings. The van der Waals surface area contributed by atoms with Crippen LogP contribution in [0.25, 0.3) is 5.57 Å². The van der Waals surface area contributed by atoms with Crippen LogP contribution in [0.2, 0.25) is 0 Å². The molecule has 60 valence electrons. The summed E-state index contributed by atoms with van der Waals surface area (Å²) in [7, 11) is 0. The Morgan fingerprint density at radius 2 is 2.00 bits per heavy atom. The van der Waals surface area contributed by atoms with E-state index in [1.165, 1.54) is 0 Å². The maximum absolute atomic E-state index is 8.66. The number of hydrogen-bond acceptors (Lipinski definition) is 1. The molecular formula is C11H11N. The lowest BCUT2D eigenvalue weighted by atomic mass is 9.97. The molecule has 0 aliphatic carbocycles. The molecule has 0 spiro atoms. The van der Waals surface area contributed by atoms with E-state index in [2.05, 4.69) is 12.6 Å². The van der Waals surface area contributed by atoms with E-state index in [9.17, 15) is 0 Å². The van der Waals surface area contributed by atoms with Crippen LogP contribution < -0.4 is 0 Å². The molecule has 0 aliphatic rings. The van der Waals surface area contributed by atoms with Crippen LogP contribution in [0.4, 0.5) is 0 Å². The van der Waals surface area contributed by atoms with E-state index in [0.717, 1.165) is 11.1 Å². The molecule has 1 atom stereocenters. The van der Waals surface area contributed by atoms with Gasteiger partial charge in [-0.05, 0) is 18.1 Å². The predicted molar refractivity (Wildman–Crippen MR) is 50.3 cm³/mol. The normalized spacial score (nSPS) is 11.7. The number of nitriles is 1. The van der Waals surface area contributed by atoms with Crippen molar-refractivity contribution < 1.29 is 0 Å². The Balaban J connectivity index is 2.88. The molecule has 1 aromatic rings. The number of allylic oxidation sites excluding steroid dienone is 1. The summed E-state index contributed by atoms with van der Waals surface area (Å²) < 4.78 is 0. The third-order valence-corrected chi connectivity index (χ3v) is 1.86. The molecule has 0 radical (unpaired) electrons. The van der Waals surface area contributed by atoms with E-state index in [4.69, 9.17) is 5.26 Å². The van der Waals surface area contributed by atoms with Gasteiger partial charge in [-0.15, -0.1) is 0 Å². The lowest BCUT2D eigenvalue weighted by molar-refractivity contribution is 0.983. The van der Waals surface area contributed by atoms with Gasteiger partial charge in [0.2, 0.25) is 0 Å². The fraction of sp³-hybridized carbons (Fsp3) is 0.182. The summed E-state index contributed by atoms with van der Waals surface area (Å²) in [5.41, 5.74) is 1.93. The van der Waals surface area contributed by atoms with Crippen molar-refractivity contribution in [3.63, 3.8) is 0 Å². The molecule has 1 heteroatoms. The summed E-state index contributed by atoms with van der Waals surface area (Å²) in [5, 5.41) is 8.66. The Hall–Kier alpha value is -1.55. The van der Waals surface area contributed by atoms with Crippen molar-refractivity contribution in [3.8, 4) is 6.07 Å². The van der Waals surface area contributed by atoms with Crippen molar-refractivity contribution in [2.24, 2.45) is 5.92 Å². The molecule has 1 rings (SSSR count). The zero-order valence-electron chi connectivity index (χ0n) is 7.12. The van der Waals surface area contributed by atoms with Crippen LogP contribution in [-0.4, -0.2) is 0 Å². The van der Waals surface area contributed by atoms with Crippen LogP contribution in [0.15, 0.2) is 36.9 Å². The zero-order chi connectivity index (χ0) is 8.97. The third-order valence-electron chi connectivity index (χ3n) is 1.86. The topological polar surface area (TPSA) is 23.8 Å². The fourth-order valence-corrected chi connectivity index (χ4v) is 0.980. The van der Waals surface area contributed by atoms with Crippen LogP contribution in [-0.2, 0) is 0 Å². The van der Waals surface area contributed by atoms with Gasteiger partial charge in [-0.2, -0.15) is 5.26 Å². The molecule has 1 unspecified atom stereocenters. The van der Waals surface area contributed by atoms with E-state index in [0.29, 0.717) is 0 Å². The lowest BCUT2D eigenvalue weighted by Gasteiger charge is -2.06. The van der Waals surface area contributed by atoms with Crippen LogP contribution in [0.5, 0.6) is 0 Å². The van der Waals surface area contributed by atoms with Crippen molar-refractivity contribution in [2.75, 3.05) is 0 Å². The molecule has 0 aromatic heterocycles. The van der Waals surface area contributed by atoms with Crippen LogP contribution in [0, 0.1) is 17.2 Å². The molecule has 0 heterocycles. The Morgan fingerprint density at radius 3 is 2.50 bits per heavy atom. The fourth-order valence-electron chi connectivity index (χ4n) is 0.980. The van der Waals surface area contributed by atoms with Crippen molar-refractivity contribution in [2.45, 2.75) is 6.92 Å². The molecule has 1 nitrogen and oxygen atoms in total. The van der Waals surface area contributed by atoms with E-state index in [1.54, 1.807) is 0 Å². The molecule has 0 N–H and O–H groups in total. The van der Waals surface area contributed by atoms with E-state index >= 15 is 0 Å². The summed E-state index contributed by atoms with van der Waals surface area (Å²) in [6.45, 7) is 5.73. The second-order valence-corrected chi connectivity index (χ2v) is 2.74. The molecule has 0 amide bonds. The molecule has 0 bridgehead atoms.